The van der Waals surface area contributed by atoms with Gasteiger partial charge in [0, 0.05) is 12.6 Å². The summed E-state index contributed by atoms with van der Waals surface area (Å²) in [6, 6.07) is 5.71. The predicted molar refractivity (Wildman–Crippen MR) is 62.9 cm³/mol. The molecule has 2 aromatic rings. The minimum atomic E-state index is -0.390. The van der Waals surface area contributed by atoms with Crippen molar-refractivity contribution in [1.29, 1.82) is 0 Å². The number of aryl methyl sites for hydroxylation is 2. The number of carbonyl (C=O) groups is 1. The van der Waals surface area contributed by atoms with Crippen LogP contribution in [0.5, 0.6) is 0 Å². The molecule has 0 bridgehead atoms. The molecule has 1 heterocycles. The zero-order chi connectivity index (χ0) is 12.4. The molecule has 88 valence electrons. The molecule has 0 aliphatic heterocycles. The number of hydrogen-bond acceptors (Lipinski definition) is 4. The van der Waals surface area contributed by atoms with Gasteiger partial charge in [0.05, 0.1) is 0 Å². The lowest BCUT2D eigenvalue weighted by Gasteiger charge is -2.08. The van der Waals surface area contributed by atoms with E-state index in [0.717, 1.165) is 16.8 Å². The first kappa shape index (κ1) is 11.3. The number of nitrogens with one attached hydrogen (secondary N) is 1. The van der Waals surface area contributed by atoms with Gasteiger partial charge >= 0.3 is 11.8 Å². The summed E-state index contributed by atoms with van der Waals surface area (Å²) in [6.45, 7) is 5.58. The molecular formula is C12H13N3O2. The normalized spacial score (nSPS) is 10.3. The Bertz CT molecular complexity index is 561. The summed E-state index contributed by atoms with van der Waals surface area (Å²) in [5, 5.41) is 10.0. The highest BCUT2D eigenvalue weighted by Crippen LogP contribution is 2.18. The van der Waals surface area contributed by atoms with Gasteiger partial charge in [-0.25, -0.2) is 0 Å². The minimum absolute atomic E-state index is 0.0246. The molecule has 0 saturated carbocycles. The second kappa shape index (κ2) is 4.37. The lowest BCUT2D eigenvalue weighted by molar-refractivity contribution is 0.0989. The molecule has 5 heteroatoms. The fraction of sp³-hybridized carbons (Fsp3) is 0.250. The van der Waals surface area contributed by atoms with E-state index in [2.05, 4.69) is 15.5 Å². The van der Waals surface area contributed by atoms with Crippen molar-refractivity contribution in [3.8, 4) is 0 Å². The first-order chi connectivity index (χ1) is 8.08. The van der Waals surface area contributed by atoms with E-state index in [0.29, 0.717) is 5.89 Å². The van der Waals surface area contributed by atoms with Gasteiger partial charge in [-0.2, -0.15) is 0 Å². The number of rotatable bonds is 2. The molecule has 1 N–H and O–H groups in total. The fourth-order valence-corrected chi connectivity index (χ4v) is 1.45. The smallest absolute Gasteiger partial charge is 0.313 e. The second-order valence-electron chi connectivity index (χ2n) is 3.83. The van der Waals surface area contributed by atoms with Crippen LogP contribution in [0.25, 0.3) is 0 Å². The van der Waals surface area contributed by atoms with Crippen LogP contribution in [-0.2, 0) is 0 Å². The molecule has 0 spiro atoms. The molecule has 0 fully saturated rings. The van der Waals surface area contributed by atoms with Crippen LogP contribution in [0.3, 0.4) is 0 Å². The molecule has 0 radical (unpaired) electrons. The average molecular weight is 231 g/mol. The highest BCUT2D eigenvalue weighted by Gasteiger charge is 2.14. The largest absolute Gasteiger partial charge is 0.417 e. The number of anilines is 1. The van der Waals surface area contributed by atoms with E-state index >= 15 is 0 Å². The van der Waals surface area contributed by atoms with Crippen LogP contribution < -0.4 is 5.32 Å². The van der Waals surface area contributed by atoms with E-state index in [9.17, 15) is 4.79 Å². The molecule has 2 rings (SSSR count). The molecule has 0 aliphatic carbocycles. The number of benzene rings is 1. The third-order valence-corrected chi connectivity index (χ3v) is 2.57. The van der Waals surface area contributed by atoms with Crippen LogP contribution in [0.15, 0.2) is 22.6 Å². The van der Waals surface area contributed by atoms with E-state index in [1.807, 2.05) is 32.0 Å². The molecule has 1 amide bonds. The molecule has 1 aromatic heterocycles. The van der Waals surface area contributed by atoms with Crippen LogP contribution in [0.4, 0.5) is 5.69 Å². The summed E-state index contributed by atoms with van der Waals surface area (Å²) in [4.78, 5) is 11.8. The van der Waals surface area contributed by atoms with Crippen LogP contribution >= 0.6 is 0 Å². The highest BCUT2D eigenvalue weighted by molar-refractivity contribution is 6.01. The van der Waals surface area contributed by atoms with Gasteiger partial charge in [0.2, 0.25) is 5.89 Å². The fourth-order valence-electron chi connectivity index (χ4n) is 1.45. The molecule has 0 atom stereocenters. The monoisotopic (exact) mass is 231 g/mol. The maximum absolute atomic E-state index is 11.8. The first-order valence-electron chi connectivity index (χ1n) is 5.25. The predicted octanol–water partition coefficient (Wildman–Crippen LogP) is 2.25. The molecule has 5 nitrogen and oxygen atoms in total. The van der Waals surface area contributed by atoms with Crippen molar-refractivity contribution in [1.82, 2.24) is 10.2 Å². The standard InChI is InChI=1S/C12H13N3O2/c1-7-5-4-6-10(8(7)2)13-11(16)12-15-14-9(3)17-12/h4-6H,1-3H3,(H,13,16). The first-order valence-corrected chi connectivity index (χ1v) is 5.25. The lowest BCUT2D eigenvalue weighted by Crippen LogP contribution is -2.13. The molecule has 0 unspecified atom stereocenters. The van der Waals surface area contributed by atoms with Crippen LogP contribution in [0.1, 0.15) is 27.7 Å². The van der Waals surface area contributed by atoms with Gasteiger partial charge in [-0.3, -0.25) is 4.79 Å². The molecule has 17 heavy (non-hydrogen) atoms. The van der Waals surface area contributed by atoms with Gasteiger partial charge in [0.25, 0.3) is 0 Å². The van der Waals surface area contributed by atoms with Gasteiger partial charge in [-0.05, 0) is 31.0 Å². The molecule has 0 aliphatic rings. The zero-order valence-electron chi connectivity index (χ0n) is 9.94. The van der Waals surface area contributed by atoms with Gasteiger partial charge in [-0.15, -0.1) is 10.2 Å². The van der Waals surface area contributed by atoms with Gasteiger partial charge in [-0.1, -0.05) is 12.1 Å². The molecule has 0 saturated heterocycles. The van der Waals surface area contributed by atoms with Crippen molar-refractivity contribution in [3.63, 3.8) is 0 Å². The number of hydrogen-bond donors (Lipinski definition) is 1. The van der Waals surface area contributed by atoms with Crippen LogP contribution in [0, 0.1) is 20.8 Å². The third-order valence-electron chi connectivity index (χ3n) is 2.57. The van der Waals surface area contributed by atoms with Gasteiger partial charge in [0.15, 0.2) is 0 Å². The topological polar surface area (TPSA) is 68.0 Å². The van der Waals surface area contributed by atoms with Crippen molar-refractivity contribution in [2.45, 2.75) is 20.8 Å². The third kappa shape index (κ3) is 2.33. The Kier molecular flexibility index (Phi) is 2.91. The summed E-state index contributed by atoms with van der Waals surface area (Å²) < 4.78 is 5.05. The Labute approximate surface area is 98.9 Å². The van der Waals surface area contributed by atoms with Crippen molar-refractivity contribution in [3.05, 3.63) is 41.1 Å². The van der Waals surface area contributed by atoms with Crippen molar-refractivity contribution in [2.24, 2.45) is 0 Å². The summed E-state index contributed by atoms with van der Waals surface area (Å²) >= 11 is 0. The van der Waals surface area contributed by atoms with E-state index in [1.54, 1.807) is 6.92 Å². The number of aromatic nitrogens is 2. The second-order valence-corrected chi connectivity index (χ2v) is 3.83. The Morgan fingerprint density at radius 1 is 1.24 bits per heavy atom. The van der Waals surface area contributed by atoms with Crippen molar-refractivity contribution in [2.75, 3.05) is 5.32 Å². The van der Waals surface area contributed by atoms with E-state index < -0.39 is 0 Å². The molecular weight excluding hydrogens is 218 g/mol. The number of amides is 1. The van der Waals surface area contributed by atoms with Gasteiger partial charge in [0.1, 0.15) is 0 Å². The highest BCUT2D eigenvalue weighted by atomic mass is 16.4. The quantitative estimate of drug-likeness (QED) is 0.860. The Balaban J connectivity index is 2.21. The summed E-state index contributed by atoms with van der Waals surface area (Å²) in [5.41, 5.74) is 2.90. The molecule has 1 aromatic carbocycles. The van der Waals surface area contributed by atoms with Crippen molar-refractivity contribution < 1.29 is 9.21 Å². The lowest BCUT2D eigenvalue weighted by atomic mass is 10.1. The van der Waals surface area contributed by atoms with Gasteiger partial charge < -0.3 is 9.73 Å². The maximum atomic E-state index is 11.8. The SMILES string of the molecule is Cc1nnc(C(=O)Nc2cccc(C)c2C)o1. The zero-order valence-corrected chi connectivity index (χ0v) is 9.94. The van der Waals surface area contributed by atoms with Crippen LogP contribution in [0.2, 0.25) is 0 Å². The van der Waals surface area contributed by atoms with E-state index in [-0.39, 0.29) is 11.8 Å². The Morgan fingerprint density at radius 3 is 2.65 bits per heavy atom. The Morgan fingerprint density at radius 2 is 2.00 bits per heavy atom. The number of nitrogens with zero attached hydrogens (tertiary/aromatic N) is 2. The van der Waals surface area contributed by atoms with Crippen LogP contribution in [-0.4, -0.2) is 16.1 Å². The van der Waals surface area contributed by atoms with E-state index in [4.69, 9.17) is 4.42 Å². The van der Waals surface area contributed by atoms with Crippen molar-refractivity contribution >= 4 is 11.6 Å². The summed E-state index contributed by atoms with van der Waals surface area (Å²) in [6.07, 6.45) is 0. The Hall–Kier alpha value is -2.17. The maximum Gasteiger partial charge on any atom is 0.313 e. The average Bonchev–Trinajstić information content (AvgIpc) is 2.72. The minimum Gasteiger partial charge on any atom is -0.417 e. The number of carbonyl (C=O) groups excluding carboxylic acids is 1. The summed E-state index contributed by atoms with van der Waals surface area (Å²) in [5.74, 6) is -0.0428. The van der Waals surface area contributed by atoms with E-state index in [1.165, 1.54) is 0 Å². The summed E-state index contributed by atoms with van der Waals surface area (Å²) in [7, 11) is 0.